The summed E-state index contributed by atoms with van der Waals surface area (Å²) in [5.74, 6) is 2.55. The molecule has 2 heterocycles. The summed E-state index contributed by atoms with van der Waals surface area (Å²) in [7, 11) is 1.64. The maximum absolute atomic E-state index is 11.7. The van der Waals surface area contributed by atoms with Gasteiger partial charge in [-0.15, -0.1) is 0 Å². The summed E-state index contributed by atoms with van der Waals surface area (Å²) < 4.78 is 60.8. The molecule has 0 radical (unpaired) electrons. The van der Waals surface area contributed by atoms with Crippen LogP contribution in [-0.2, 0) is 39.6 Å². The first-order valence-corrected chi connectivity index (χ1v) is 15.8. The van der Waals surface area contributed by atoms with E-state index in [1.165, 1.54) is 0 Å². The van der Waals surface area contributed by atoms with Crippen LogP contribution < -0.4 is 18.9 Å². The molecular formula is C34H46O12. The highest BCUT2D eigenvalue weighted by Gasteiger charge is 2.24. The number of fused-ring (bicyclic) bond motifs is 2. The van der Waals surface area contributed by atoms with Gasteiger partial charge in [-0.25, -0.2) is 0 Å². The second-order valence-electron chi connectivity index (χ2n) is 10.3. The van der Waals surface area contributed by atoms with Crippen LogP contribution in [0.4, 0.5) is 0 Å². The minimum Gasteiger partial charge on any atom is -0.494 e. The van der Waals surface area contributed by atoms with Crippen molar-refractivity contribution in [3.05, 3.63) is 48.2 Å². The van der Waals surface area contributed by atoms with Crippen LogP contribution in [0.5, 0.6) is 23.0 Å². The fourth-order valence-electron chi connectivity index (χ4n) is 4.54. The Bertz CT molecular complexity index is 1260. The highest BCUT2D eigenvalue weighted by molar-refractivity contribution is 5.90. The first-order valence-electron chi connectivity index (χ1n) is 15.8. The third kappa shape index (κ3) is 12.8. The van der Waals surface area contributed by atoms with Crippen molar-refractivity contribution in [2.24, 2.45) is 0 Å². The Balaban J connectivity index is 0.952. The number of methoxy groups -OCH3 is 1. The number of benzene rings is 2. The zero-order valence-electron chi connectivity index (χ0n) is 26.7. The molecule has 0 fully saturated rings. The molecule has 0 spiro atoms. The normalized spacial score (nSPS) is 12.7. The average molecular weight is 647 g/mol. The van der Waals surface area contributed by atoms with Gasteiger partial charge in [-0.3, -0.25) is 4.79 Å². The molecule has 0 bridgehead atoms. The van der Waals surface area contributed by atoms with Gasteiger partial charge >= 0.3 is 5.97 Å². The number of carbonyl (C=O) groups is 1. The summed E-state index contributed by atoms with van der Waals surface area (Å²) in [5, 5.41) is 0.892. The number of rotatable bonds is 26. The molecule has 0 saturated carbocycles. The molecule has 0 aliphatic carbocycles. The summed E-state index contributed by atoms with van der Waals surface area (Å²) in [5.41, 5.74) is 1.56. The SMILES string of the molecule is COCCOCCOCCOCCOCCOCCOc1ccc(OCCCCOc2c3c(cc4occc24)OC(=O)CC3)cc1. The lowest BCUT2D eigenvalue weighted by atomic mass is 10.0. The molecule has 0 saturated heterocycles. The monoisotopic (exact) mass is 646 g/mol. The van der Waals surface area contributed by atoms with Gasteiger partial charge in [-0.2, -0.15) is 0 Å². The lowest BCUT2D eigenvalue weighted by Crippen LogP contribution is -2.17. The number of carbonyl (C=O) groups excluding carboxylic acids is 1. The molecule has 3 aromatic rings. The van der Waals surface area contributed by atoms with Gasteiger partial charge in [0.2, 0.25) is 0 Å². The van der Waals surface area contributed by atoms with Gasteiger partial charge in [0.05, 0.1) is 104 Å². The molecule has 1 aromatic heterocycles. The lowest BCUT2D eigenvalue weighted by molar-refractivity contribution is -0.135. The van der Waals surface area contributed by atoms with Crippen molar-refractivity contribution in [2.75, 3.05) is 99.6 Å². The molecule has 0 unspecified atom stereocenters. The standard InChI is InChI=1S/C34H46O12/c1-36-14-15-37-16-17-38-18-19-39-20-21-40-22-23-41-24-25-43-28-6-4-27(5-7-28)42-11-2-3-12-45-34-29-8-9-33(35)46-32(29)26-31-30(34)10-13-44-31/h4-7,10,13,26H,2-3,8-9,11-12,14-25H2,1H3. The van der Waals surface area contributed by atoms with Gasteiger partial charge in [0.15, 0.2) is 0 Å². The number of furan rings is 1. The summed E-state index contributed by atoms with van der Waals surface area (Å²) in [6.45, 7) is 7.31. The first-order chi connectivity index (χ1) is 22.7. The molecule has 0 amide bonds. The van der Waals surface area contributed by atoms with Gasteiger partial charge in [-0.1, -0.05) is 0 Å². The molecule has 254 valence electrons. The van der Waals surface area contributed by atoms with Crippen molar-refractivity contribution >= 4 is 16.9 Å². The van der Waals surface area contributed by atoms with Gasteiger partial charge in [-0.05, 0) is 49.6 Å². The van der Waals surface area contributed by atoms with Crippen LogP contribution in [0.2, 0.25) is 0 Å². The van der Waals surface area contributed by atoms with Crippen molar-refractivity contribution < 1.29 is 56.6 Å². The fourth-order valence-corrected chi connectivity index (χ4v) is 4.54. The number of unbranched alkanes of at least 4 members (excludes halogenated alkanes) is 1. The van der Waals surface area contributed by atoms with E-state index in [-0.39, 0.29) is 5.97 Å². The quantitative estimate of drug-likeness (QED) is 0.0687. The maximum atomic E-state index is 11.7. The predicted molar refractivity (Wildman–Crippen MR) is 168 cm³/mol. The molecule has 4 rings (SSSR count). The van der Waals surface area contributed by atoms with Crippen LogP contribution in [0, 0.1) is 0 Å². The zero-order chi connectivity index (χ0) is 32.1. The summed E-state index contributed by atoms with van der Waals surface area (Å²) in [6.07, 6.45) is 4.19. The van der Waals surface area contributed by atoms with E-state index >= 15 is 0 Å². The van der Waals surface area contributed by atoms with Crippen LogP contribution in [0.25, 0.3) is 11.0 Å². The third-order valence-corrected chi connectivity index (χ3v) is 6.87. The third-order valence-electron chi connectivity index (χ3n) is 6.87. The van der Waals surface area contributed by atoms with Crippen molar-refractivity contribution in [1.82, 2.24) is 0 Å². The molecule has 46 heavy (non-hydrogen) atoms. The van der Waals surface area contributed by atoms with E-state index in [9.17, 15) is 4.79 Å². The Kier molecular flexibility index (Phi) is 16.5. The second-order valence-corrected chi connectivity index (χ2v) is 10.3. The Morgan fingerprint density at radius 3 is 1.72 bits per heavy atom. The van der Waals surface area contributed by atoms with Gasteiger partial charge in [0.1, 0.15) is 35.2 Å². The topological polar surface area (TPSA) is 123 Å². The molecule has 12 nitrogen and oxygen atoms in total. The van der Waals surface area contributed by atoms with Crippen molar-refractivity contribution in [2.45, 2.75) is 25.7 Å². The minimum atomic E-state index is -0.235. The Morgan fingerprint density at radius 2 is 1.13 bits per heavy atom. The number of hydrogen-bond donors (Lipinski definition) is 0. The van der Waals surface area contributed by atoms with Crippen molar-refractivity contribution in [3.8, 4) is 23.0 Å². The summed E-state index contributed by atoms with van der Waals surface area (Å²) in [6, 6.07) is 11.2. The van der Waals surface area contributed by atoms with E-state index in [1.54, 1.807) is 19.4 Å². The number of ether oxygens (including phenoxy) is 10. The number of esters is 1. The Labute approximate surface area is 270 Å². The van der Waals surface area contributed by atoms with Crippen LogP contribution in [0.3, 0.4) is 0 Å². The summed E-state index contributed by atoms with van der Waals surface area (Å²) in [4.78, 5) is 11.7. The molecule has 12 heteroatoms. The van der Waals surface area contributed by atoms with Gasteiger partial charge in [0, 0.05) is 18.7 Å². The molecule has 2 aromatic carbocycles. The van der Waals surface area contributed by atoms with E-state index in [4.69, 9.17) is 51.8 Å². The van der Waals surface area contributed by atoms with Crippen LogP contribution >= 0.6 is 0 Å². The molecule has 0 atom stereocenters. The number of hydrogen-bond acceptors (Lipinski definition) is 12. The summed E-state index contributed by atoms with van der Waals surface area (Å²) >= 11 is 0. The van der Waals surface area contributed by atoms with Crippen molar-refractivity contribution in [1.29, 1.82) is 0 Å². The highest BCUT2D eigenvalue weighted by atomic mass is 16.6. The van der Waals surface area contributed by atoms with Gasteiger partial charge in [0.25, 0.3) is 0 Å². The minimum absolute atomic E-state index is 0.235. The van der Waals surface area contributed by atoms with E-state index in [0.717, 1.165) is 41.0 Å². The molecule has 0 N–H and O–H groups in total. The Hall–Kier alpha value is -3.39. The van der Waals surface area contributed by atoms with Crippen molar-refractivity contribution in [3.63, 3.8) is 0 Å². The predicted octanol–water partition coefficient (Wildman–Crippen LogP) is 4.63. The molecular weight excluding hydrogens is 600 g/mol. The largest absolute Gasteiger partial charge is 0.494 e. The zero-order valence-corrected chi connectivity index (χ0v) is 26.7. The smallest absolute Gasteiger partial charge is 0.311 e. The van der Waals surface area contributed by atoms with Crippen LogP contribution in [-0.4, -0.2) is 106 Å². The van der Waals surface area contributed by atoms with E-state index in [1.807, 2.05) is 30.3 Å². The average Bonchev–Trinajstić information content (AvgIpc) is 3.54. The molecule has 1 aliphatic rings. The van der Waals surface area contributed by atoms with Crippen LogP contribution in [0.1, 0.15) is 24.8 Å². The maximum Gasteiger partial charge on any atom is 0.311 e. The Morgan fingerprint density at radius 1 is 0.609 bits per heavy atom. The lowest BCUT2D eigenvalue weighted by Gasteiger charge is -2.19. The highest BCUT2D eigenvalue weighted by Crippen LogP contribution is 2.40. The van der Waals surface area contributed by atoms with Gasteiger partial charge < -0.3 is 51.8 Å². The van der Waals surface area contributed by atoms with E-state index in [0.29, 0.717) is 117 Å². The fraction of sp³-hybridized carbons (Fsp3) is 0.559. The van der Waals surface area contributed by atoms with E-state index in [2.05, 4.69) is 0 Å². The second kappa shape index (κ2) is 21.4. The molecule has 1 aliphatic heterocycles. The van der Waals surface area contributed by atoms with Crippen LogP contribution in [0.15, 0.2) is 47.1 Å². The van der Waals surface area contributed by atoms with E-state index < -0.39 is 0 Å². The first kappa shape index (κ1) is 35.5.